The quantitative estimate of drug-likeness (QED) is 0.423. The SMILES string of the molecule is CN=C(NCCNC(=O)OC(C)(C)C)NCC(C)c1ccsc1. The van der Waals surface area contributed by atoms with E-state index >= 15 is 0 Å². The fourth-order valence-corrected chi connectivity index (χ4v) is 2.59. The molecule has 1 amide bonds. The summed E-state index contributed by atoms with van der Waals surface area (Å²) in [6.45, 7) is 9.53. The predicted octanol–water partition coefficient (Wildman–Crippen LogP) is 2.54. The maximum absolute atomic E-state index is 11.5. The Balaban J connectivity index is 2.21. The van der Waals surface area contributed by atoms with Gasteiger partial charge >= 0.3 is 6.09 Å². The van der Waals surface area contributed by atoms with E-state index in [9.17, 15) is 4.79 Å². The number of hydrogen-bond acceptors (Lipinski definition) is 4. The maximum Gasteiger partial charge on any atom is 0.407 e. The first-order valence-electron chi connectivity index (χ1n) is 7.75. The van der Waals surface area contributed by atoms with Gasteiger partial charge in [-0.25, -0.2) is 4.79 Å². The largest absolute Gasteiger partial charge is 0.444 e. The number of nitrogens with zero attached hydrogens (tertiary/aromatic N) is 1. The molecule has 3 N–H and O–H groups in total. The van der Waals surface area contributed by atoms with Gasteiger partial charge in [0.1, 0.15) is 5.60 Å². The van der Waals surface area contributed by atoms with E-state index in [-0.39, 0.29) is 0 Å². The van der Waals surface area contributed by atoms with Crippen LogP contribution in [0.3, 0.4) is 0 Å². The fourth-order valence-electron chi connectivity index (χ4n) is 1.80. The van der Waals surface area contributed by atoms with E-state index in [4.69, 9.17) is 4.74 Å². The highest BCUT2D eigenvalue weighted by Crippen LogP contribution is 2.16. The average Bonchev–Trinajstić information content (AvgIpc) is 2.98. The summed E-state index contributed by atoms with van der Waals surface area (Å²) in [5.41, 5.74) is 0.844. The summed E-state index contributed by atoms with van der Waals surface area (Å²) < 4.78 is 5.17. The van der Waals surface area contributed by atoms with Gasteiger partial charge in [0.05, 0.1) is 0 Å². The van der Waals surface area contributed by atoms with Crippen molar-refractivity contribution in [3.05, 3.63) is 22.4 Å². The Labute approximate surface area is 142 Å². The monoisotopic (exact) mass is 340 g/mol. The van der Waals surface area contributed by atoms with Crippen LogP contribution in [-0.2, 0) is 4.74 Å². The number of aliphatic imine (C=N–C) groups is 1. The molecule has 1 aromatic rings. The summed E-state index contributed by atoms with van der Waals surface area (Å²) >= 11 is 1.71. The highest BCUT2D eigenvalue weighted by atomic mass is 32.1. The van der Waals surface area contributed by atoms with Crippen LogP contribution < -0.4 is 16.0 Å². The number of nitrogens with one attached hydrogen (secondary N) is 3. The van der Waals surface area contributed by atoms with Gasteiger partial charge in [-0.05, 0) is 49.1 Å². The Morgan fingerprint density at radius 2 is 2.00 bits per heavy atom. The number of ether oxygens (including phenoxy) is 1. The third-order valence-electron chi connectivity index (χ3n) is 3.00. The molecule has 0 aliphatic rings. The highest BCUT2D eigenvalue weighted by molar-refractivity contribution is 7.07. The van der Waals surface area contributed by atoms with Gasteiger partial charge in [-0.2, -0.15) is 11.3 Å². The third kappa shape index (κ3) is 8.44. The molecule has 1 heterocycles. The van der Waals surface area contributed by atoms with Crippen molar-refractivity contribution in [2.75, 3.05) is 26.7 Å². The summed E-state index contributed by atoms with van der Waals surface area (Å²) in [5.74, 6) is 1.14. The topological polar surface area (TPSA) is 74.8 Å². The second-order valence-electron chi connectivity index (χ2n) is 6.27. The van der Waals surface area contributed by atoms with Crippen LogP contribution in [0.4, 0.5) is 4.79 Å². The van der Waals surface area contributed by atoms with Gasteiger partial charge in [-0.1, -0.05) is 6.92 Å². The third-order valence-corrected chi connectivity index (χ3v) is 3.70. The number of alkyl carbamates (subject to hydrolysis) is 1. The number of hydrogen-bond donors (Lipinski definition) is 3. The molecular weight excluding hydrogens is 312 g/mol. The summed E-state index contributed by atoms with van der Waals surface area (Å²) in [6, 6.07) is 2.14. The molecule has 130 valence electrons. The number of thiophene rings is 1. The van der Waals surface area contributed by atoms with Crippen molar-refractivity contribution >= 4 is 23.4 Å². The predicted molar refractivity (Wildman–Crippen MR) is 96.3 cm³/mol. The van der Waals surface area contributed by atoms with Crippen LogP contribution in [0, 0.1) is 0 Å². The van der Waals surface area contributed by atoms with Crippen LogP contribution in [-0.4, -0.2) is 44.3 Å². The number of guanidine groups is 1. The zero-order chi connectivity index (χ0) is 17.3. The molecule has 0 aliphatic carbocycles. The Bertz CT molecular complexity index is 495. The molecule has 7 heteroatoms. The van der Waals surface area contributed by atoms with Crippen LogP contribution in [0.1, 0.15) is 39.2 Å². The lowest BCUT2D eigenvalue weighted by Crippen LogP contribution is -2.43. The molecule has 1 rings (SSSR count). The summed E-state index contributed by atoms with van der Waals surface area (Å²) in [5, 5.41) is 13.4. The maximum atomic E-state index is 11.5. The van der Waals surface area contributed by atoms with E-state index in [0.29, 0.717) is 19.0 Å². The molecule has 1 atom stereocenters. The molecule has 0 saturated heterocycles. The van der Waals surface area contributed by atoms with E-state index in [0.717, 1.165) is 12.5 Å². The standard InChI is InChI=1S/C16H28N4O2S/c1-12(13-6-9-23-11-13)10-20-14(17-5)18-7-8-19-15(21)22-16(2,3)4/h6,9,11-12H,7-8,10H2,1-5H3,(H,19,21)(H2,17,18,20). The van der Waals surface area contributed by atoms with Gasteiger partial charge in [-0.3, -0.25) is 4.99 Å². The average molecular weight is 340 g/mol. The first kappa shape index (κ1) is 19.3. The van der Waals surface area contributed by atoms with Crippen LogP contribution in [0.2, 0.25) is 0 Å². The lowest BCUT2D eigenvalue weighted by molar-refractivity contribution is 0.0529. The first-order chi connectivity index (χ1) is 10.8. The number of amides is 1. The van der Waals surface area contributed by atoms with Crippen molar-refractivity contribution in [2.24, 2.45) is 4.99 Å². The summed E-state index contributed by atoms with van der Waals surface area (Å²) in [4.78, 5) is 15.7. The molecule has 1 unspecified atom stereocenters. The van der Waals surface area contributed by atoms with Crippen LogP contribution in [0.25, 0.3) is 0 Å². The van der Waals surface area contributed by atoms with E-state index in [1.54, 1.807) is 18.4 Å². The molecule has 0 saturated carbocycles. The minimum absolute atomic E-state index is 0.409. The smallest absolute Gasteiger partial charge is 0.407 e. The highest BCUT2D eigenvalue weighted by Gasteiger charge is 2.15. The lowest BCUT2D eigenvalue weighted by atomic mass is 10.1. The number of carbonyl (C=O) groups excluding carboxylic acids is 1. The van der Waals surface area contributed by atoms with Gasteiger partial charge in [0, 0.05) is 26.7 Å². The molecule has 6 nitrogen and oxygen atoms in total. The molecular formula is C16H28N4O2S. The number of rotatable bonds is 6. The van der Waals surface area contributed by atoms with E-state index in [1.165, 1.54) is 5.56 Å². The lowest BCUT2D eigenvalue weighted by Gasteiger charge is -2.20. The van der Waals surface area contributed by atoms with Crippen LogP contribution in [0.15, 0.2) is 21.8 Å². The molecule has 1 aromatic heterocycles. The zero-order valence-corrected chi connectivity index (χ0v) is 15.4. The Hall–Kier alpha value is -1.76. The van der Waals surface area contributed by atoms with E-state index in [2.05, 4.69) is 44.7 Å². The minimum Gasteiger partial charge on any atom is -0.444 e. The van der Waals surface area contributed by atoms with Gasteiger partial charge in [-0.15, -0.1) is 0 Å². The Morgan fingerprint density at radius 1 is 1.30 bits per heavy atom. The summed E-state index contributed by atoms with van der Waals surface area (Å²) in [7, 11) is 1.73. The van der Waals surface area contributed by atoms with Crippen molar-refractivity contribution in [3.8, 4) is 0 Å². The molecule has 0 aliphatic heterocycles. The molecule has 0 spiro atoms. The van der Waals surface area contributed by atoms with Gasteiger partial charge < -0.3 is 20.7 Å². The van der Waals surface area contributed by atoms with Crippen molar-refractivity contribution in [3.63, 3.8) is 0 Å². The molecule has 23 heavy (non-hydrogen) atoms. The van der Waals surface area contributed by atoms with E-state index < -0.39 is 11.7 Å². The second-order valence-corrected chi connectivity index (χ2v) is 7.05. The fraction of sp³-hybridized carbons (Fsp3) is 0.625. The molecule has 0 aromatic carbocycles. The molecule has 0 bridgehead atoms. The van der Waals surface area contributed by atoms with Crippen molar-refractivity contribution in [1.82, 2.24) is 16.0 Å². The Kier molecular flexibility index (Phi) is 7.88. The summed E-state index contributed by atoms with van der Waals surface area (Å²) in [6.07, 6.45) is -0.409. The second kappa shape index (κ2) is 9.39. The molecule has 0 fully saturated rings. The van der Waals surface area contributed by atoms with Crippen molar-refractivity contribution in [2.45, 2.75) is 39.2 Å². The Morgan fingerprint density at radius 3 is 2.57 bits per heavy atom. The molecule has 0 radical (unpaired) electrons. The van der Waals surface area contributed by atoms with Gasteiger partial charge in [0.15, 0.2) is 5.96 Å². The van der Waals surface area contributed by atoms with Crippen LogP contribution in [0.5, 0.6) is 0 Å². The minimum atomic E-state index is -0.479. The normalized spacial score (nSPS) is 13.3. The van der Waals surface area contributed by atoms with Crippen molar-refractivity contribution < 1.29 is 9.53 Å². The van der Waals surface area contributed by atoms with Gasteiger partial charge in [0.25, 0.3) is 0 Å². The van der Waals surface area contributed by atoms with Crippen molar-refractivity contribution in [1.29, 1.82) is 0 Å². The zero-order valence-electron chi connectivity index (χ0n) is 14.6. The first-order valence-corrected chi connectivity index (χ1v) is 8.69. The number of carbonyl (C=O) groups is 1. The van der Waals surface area contributed by atoms with Gasteiger partial charge in [0.2, 0.25) is 0 Å². The van der Waals surface area contributed by atoms with E-state index in [1.807, 2.05) is 20.8 Å². The van der Waals surface area contributed by atoms with Crippen LogP contribution >= 0.6 is 11.3 Å².